The molecule has 0 spiro atoms. The third kappa shape index (κ3) is 3.56. The number of hydrogen-bond donors (Lipinski definition) is 1. The zero-order chi connectivity index (χ0) is 19.4. The van der Waals surface area contributed by atoms with Crippen molar-refractivity contribution in [2.75, 3.05) is 39.9 Å². The highest BCUT2D eigenvalue weighted by Crippen LogP contribution is 2.38. The number of esters is 1. The summed E-state index contributed by atoms with van der Waals surface area (Å²) in [5.74, 6) is 1.07. The molecule has 1 aromatic heterocycles. The van der Waals surface area contributed by atoms with Crippen molar-refractivity contribution in [2.24, 2.45) is 0 Å². The molecule has 144 valence electrons. The molecule has 0 aliphatic carbocycles. The number of rotatable bonds is 7. The summed E-state index contributed by atoms with van der Waals surface area (Å²) >= 11 is 0. The van der Waals surface area contributed by atoms with Crippen LogP contribution in [0.3, 0.4) is 0 Å². The van der Waals surface area contributed by atoms with Crippen LogP contribution < -0.4 is 14.8 Å². The van der Waals surface area contributed by atoms with Crippen LogP contribution in [0, 0.1) is 0 Å². The zero-order valence-corrected chi connectivity index (χ0v) is 15.6. The lowest BCUT2D eigenvalue weighted by Crippen LogP contribution is -2.30. The van der Waals surface area contributed by atoms with Gasteiger partial charge in [-0.25, -0.2) is 4.79 Å². The molecule has 0 radical (unpaired) electrons. The number of nitrogens with zero attached hydrogens (tertiary/aromatic N) is 4. The number of tetrazole rings is 1. The highest BCUT2D eigenvalue weighted by molar-refractivity contribution is 5.92. The molecule has 27 heavy (non-hydrogen) atoms. The Kier molecular flexibility index (Phi) is 5.55. The number of anilines is 1. The molecule has 2 aromatic rings. The summed E-state index contributed by atoms with van der Waals surface area (Å²) in [5.41, 5.74) is 1.76. The van der Waals surface area contributed by atoms with Gasteiger partial charge in [0.15, 0.2) is 11.5 Å². The topological polar surface area (TPSA) is 110 Å². The van der Waals surface area contributed by atoms with E-state index in [-0.39, 0.29) is 6.61 Å². The van der Waals surface area contributed by atoms with Gasteiger partial charge in [-0.3, -0.25) is 0 Å². The summed E-state index contributed by atoms with van der Waals surface area (Å²) in [7, 11) is 4.65. The number of carbonyl (C=O) groups excluding carboxylic acids is 1. The lowest BCUT2D eigenvalue weighted by molar-refractivity contribution is -0.140. The van der Waals surface area contributed by atoms with Gasteiger partial charge in [-0.2, -0.15) is 4.68 Å². The molecule has 0 bridgehead atoms. The minimum atomic E-state index is -0.578. The highest BCUT2D eigenvalue weighted by atomic mass is 16.6. The van der Waals surface area contributed by atoms with E-state index in [0.29, 0.717) is 35.3 Å². The Morgan fingerprint density at radius 1 is 1.19 bits per heavy atom. The van der Waals surface area contributed by atoms with Gasteiger partial charge in [0.1, 0.15) is 12.6 Å². The lowest BCUT2D eigenvalue weighted by atomic mass is 9.95. The molecular formula is C17H21N5O5. The fourth-order valence-electron chi connectivity index (χ4n) is 2.90. The molecule has 1 aliphatic heterocycles. The standard InChI is InChI=1S/C17H21N5O5/c1-10-14(16(23)27-8-7-24-2)15(22-17(18-10)19-20-21-22)11-5-6-12(25-3)13(9-11)26-4/h5-6,9,15H,7-8H2,1-4H3,(H,18,19,21). The lowest BCUT2D eigenvalue weighted by Gasteiger charge is -2.27. The molecule has 1 aliphatic rings. The van der Waals surface area contributed by atoms with E-state index >= 15 is 0 Å². The predicted octanol–water partition coefficient (Wildman–Crippen LogP) is 1.17. The van der Waals surface area contributed by atoms with Gasteiger partial charge in [-0.05, 0) is 35.0 Å². The monoisotopic (exact) mass is 375 g/mol. The number of aromatic nitrogens is 4. The molecule has 2 heterocycles. The first-order chi connectivity index (χ1) is 13.1. The molecule has 10 nitrogen and oxygen atoms in total. The van der Waals surface area contributed by atoms with Crippen LogP contribution >= 0.6 is 0 Å². The number of benzene rings is 1. The van der Waals surface area contributed by atoms with E-state index in [2.05, 4.69) is 20.8 Å². The number of ether oxygens (including phenoxy) is 4. The molecule has 3 rings (SSSR count). The van der Waals surface area contributed by atoms with Gasteiger partial charge in [-0.1, -0.05) is 11.2 Å². The highest BCUT2D eigenvalue weighted by Gasteiger charge is 2.35. The van der Waals surface area contributed by atoms with Gasteiger partial charge in [0, 0.05) is 12.8 Å². The number of allylic oxidation sites excluding steroid dienone is 1. The minimum absolute atomic E-state index is 0.146. The summed E-state index contributed by atoms with van der Waals surface area (Å²) in [6.07, 6.45) is 0. The van der Waals surface area contributed by atoms with Crippen molar-refractivity contribution in [2.45, 2.75) is 13.0 Å². The van der Waals surface area contributed by atoms with E-state index in [0.717, 1.165) is 5.56 Å². The maximum absolute atomic E-state index is 12.8. The van der Waals surface area contributed by atoms with Gasteiger partial charge >= 0.3 is 5.97 Å². The van der Waals surface area contributed by atoms with E-state index < -0.39 is 12.0 Å². The maximum Gasteiger partial charge on any atom is 0.338 e. The summed E-state index contributed by atoms with van der Waals surface area (Å²) in [4.78, 5) is 12.8. The van der Waals surface area contributed by atoms with Crippen LogP contribution in [-0.4, -0.2) is 60.7 Å². The fraction of sp³-hybridized carbons (Fsp3) is 0.412. The average molecular weight is 375 g/mol. The molecule has 10 heteroatoms. The van der Waals surface area contributed by atoms with Gasteiger partial charge in [0.2, 0.25) is 5.95 Å². The van der Waals surface area contributed by atoms with Crippen LogP contribution in [0.2, 0.25) is 0 Å². The van der Waals surface area contributed by atoms with E-state index in [9.17, 15) is 4.79 Å². The number of methoxy groups -OCH3 is 3. The Morgan fingerprint density at radius 2 is 1.96 bits per heavy atom. The van der Waals surface area contributed by atoms with Crippen LogP contribution in [0.25, 0.3) is 0 Å². The average Bonchev–Trinajstić information content (AvgIpc) is 3.14. The van der Waals surface area contributed by atoms with Crippen LogP contribution in [0.15, 0.2) is 29.5 Å². The molecule has 1 atom stereocenters. The smallest absolute Gasteiger partial charge is 0.338 e. The van der Waals surface area contributed by atoms with Crippen molar-refractivity contribution in [3.05, 3.63) is 35.0 Å². The van der Waals surface area contributed by atoms with E-state index in [1.807, 2.05) is 6.07 Å². The van der Waals surface area contributed by atoms with Crippen LogP contribution in [0.4, 0.5) is 5.95 Å². The second kappa shape index (κ2) is 8.04. The molecule has 1 N–H and O–H groups in total. The summed E-state index contributed by atoms with van der Waals surface area (Å²) in [5, 5.41) is 14.7. The molecular weight excluding hydrogens is 354 g/mol. The summed E-state index contributed by atoms with van der Waals surface area (Å²) in [6, 6.07) is 4.81. The molecule has 1 aromatic carbocycles. The zero-order valence-electron chi connectivity index (χ0n) is 15.6. The first-order valence-corrected chi connectivity index (χ1v) is 8.24. The van der Waals surface area contributed by atoms with E-state index in [1.165, 1.54) is 4.68 Å². The number of hydrogen-bond acceptors (Lipinski definition) is 9. The van der Waals surface area contributed by atoms with Crippen molar-refractivity contribution in [3.63, 3.8) is 0 Å². The first-order valence-electron chi connectivity index (χ1n) is 8.24. The Labute approximate surface area is 156 Å². The van der Waals surface area contributed by atoms with Crippen molar-refractivity contribution in [1.29, 1.82) is 0 Å². The quantitative estimate of drug-likeness (QED) is 0.563. The third-order valence-electron chi connectivity index (χ3n) is 4.18. The Bertz CT molecular complexity index is 863. The third-order valence-corrected chi connectivity index (χ3v) is 4.18. The molecule has 0 amide bonds. The van der Waals surface area contributed by atoms with Gasteiger partial charge in [0.25, 0.3) is 0 Å². The summed E-state index contributed by atoms with van der Waals surface area (Å²) < 4.78 is 22.5. The largest absolute Gasteiger partial charge is 0.493 e. The number of fused-ring (bicyclic) bond motifs is 1. The molecule has 0 saturated carbocycles. The molecule has 0 saturated heterocycles. The minimum Gasteiger partial charge on any atom is -0.493 e. The van der Waals surface area contributed by atoms with Crippen LogP contribution in [-0.2, 0) is 14.3 Å². The van der Waals surface area contributed by atoms with Crippen molar-refractivity contribution in [1.82, 2.24) is 20.2 Å². The predicted molar refractivity (Wildman–Crippen MR) is 94.7 cm³/mol. The van der Waals surface area contributed by atoms with Gasteiger partial charge < -0.3 is 24.3 Å². The Morgan fingerprint density at radius 3 is 2.67 bits per heavy atom. The van der Waals surface area contributed by atoms with Crippen LogP contribution in [0.5, 0.6) is 11.5 Å². The summed E-state index contributed by atoms with van der Waals surface area (Å²) in [6.45, 7) is 2.23. The fourth-order valence-corrected chi connectivity index (χ4v) is 2.90. The molecule has 1 unspecified atom stereocenters. The molecule has 0 fully saturated rings. The van der Waals surface area contributed by atoms with E-state index in [1.54, 1.807) is 40.4 Å². The van der Waals surface area contributed by atoms with E-state index in [4.69, 9.17) is 18.9 Å². The van der Waals surface area contributed by atoms with Gasteiger partial charge in [-0.15, -0.1) is 0 Å². The second-order valence-corrected chi connectivity index (χ2v) is 5.76. The second-order valence-electron chi connectivity index (χ2n) is 5.76. The Hall–Kier alpha value is -3.14. The van der Waals surface area contributed by atoms with Crippen molar-refractivity contribution < 1.29 is 23.7 Å². The first kappa shape index (κ1) is 18.6. The Balaban J connectivity index is 2.05. The van der Waals surface area contributed by atoms with Crippen molar-refractivity contribution in [3.8, 4) is 11.5 Å². The van der Waals surface area contributed by atoms with Gasteiger partial charge in [0.05, 0.1) is 26.4 Å². The van der Waals surface area contributed by atoms with Crippen molar-refractivity contribution >= 4 is 11.9 Å². The number of nitrogens with one attached hydrogen (secondary N) is 1. The normalized spacial score (nSPS) is 15.8. The van der Waals surface area contributed by atoms with Crippen LogP contribution in [0.1, 0.15) is 18.5 Å². The maximum atomic E-state index is 12.8. The SMILES string of the molecule is COCCOC(=O)C1=C(C)Nc2nnnn2C1c1ccc(OC)c(OC)c1. The number of carbonyl (C=O) groups is 1.